The molecule has 1 amide bonds. The van der Waals surface area contributed by atoms with Gasteiger partial charge in [0.2, 0.25) is 0 Å². The molecule has 0 aliphatic rings. The van der Waals surface area contributed by atoms with Gasteiger partial charge in [0, 0.05) is 17.8 Å². The normalized spacial score (nSPS) is 10.8. The minimum atomic E-state index is -0.0784. The van der Waals surface area contributed by atoms with E-state index in [4.69, 9.17) is 0 Å². The number of H-pyrrole nitrogens is 1. The molecular weight excluding hydrogens is 300 g/mol. The molecular formula is C19H20N4O. The van der Waals surface area contributed by atoms with Crippen molar-refractivity contribution in [2.75, 3.05) is 0 Å². The molecule has 3 aromatic rings. The second-order valence-electron chi connectivity index (χ2n) is 5.88. The lowest BCUT2D eigenvalue weighted by Gasteiger charge is -2.25. The van der Waals surface area contributed by atoms with E-state index in [1.54, 1.807) is 17.2 Å². The summed E-state index contributed by atoms with van der Waals surface area (Å²) in [6.07, 6.45) is 1.74. The first-order chi connectivity index (χ1) is 11.6. The van der Waals surface area contributed by atoms with Crippen LogP contribution in [0.1, 0.15) is 30.0 Å². The number of aromatic amines is 1. The van der Waals surface area contributed by atoms with Gasteiger partial charge in [-0.05, 0) is 32.0 Å². The highest BCUT2D eigenvalue weighted by Crippen LogP contribution is 2.19. The quantitative estimate of drug-likeness (QED) is 0.782. The van der Waals surface area contributed by atoms with Gasteiger partial charge in [-0.15, -0.1) is 0 Å². The van der Waals surface area contributed by atoms with E-state index in [9.17, 15) is 4.79 Å². The first kappa shape index (κ1) is 15.9. The maximum Gasteiger partial charge on any atom is 0.272 e. The van der Waals surface area contributed by atoms with Crippen molar-refractivity contribution in [1.29, 1.82) is 0 Å². The molecule has 0 bridgehead atoms. The maximum absolute atomic E-state index is 12.9. The van der Waals surface area contributed by atoms with Crippen LogP contribution in [0.5, 0.6) is 0 Å². The lowest BCUT2D eigenvalue weighted by atomic mass is 10.1. The second kappa shape index (κ2) is 7.08. The fourth-order valence-corrected chi connectivity index (χ4v) is 2.50. The Hall–Kier alpha value is -2.95. The van der Waals surface area contributed by atoms with Crippen molar-refractivity contribution in [1.82, 2.24) is 20.1 Å². The zero-order valence-electron chi connectivity index (χ0n) is 13.8. The molecule has 1 aromatic carbocycles. The molecule has 3 rings (SSSR count). The Morgan fingerprint density at radius 3 is 2.54 bits per heavy atom. The lowest BCUT2D eigenvalue weighted by molar-refractivity contribution is 0.0681. The van der Waals surface area contributed by atoms with Crippen LogP contribution in [0, 0.1) is 0 Å². The SMILES string of the molecule is CC(C)N(Cc1ccccn1)C(=O)c1cc(-c2ccccc2)n[nH]1. The highest BCUT2D eigenvalue weighted by Gasteiger charge is 2.21. The minimum Gasteiger partial charge on any atom is -0.329 e. The number of hydrogen-bond acceptors (Lipinski definition) is 3. The van der Waals surface area contributed by atoms with Gasteiger partial charge in [0.25, 0.3) is 5.91 Å². The van der Waals surface area contributed by atoms with E-state index < -0.39 is 0 Å². The number of carbonyl (C=O) groups is 1. The fourth-order valence-electron chi connectivity index (χ4n) is 2.50. The summed E-state index contributed by atoms with van der Waals surface area (Å²) in [5.74, 6) is -0.0784. The number of nitrogens with one attached hydrogen (secondary N) is 1. The van der Waals surface area contributed by atoms with Gasteiger partial charge in [-0.1, -0.05) is 36.4 Å². The Kier molecular flexibility index (Phi) is 4.70. The summed E-state index contributed by atoms with van der Waals surface area (Å²) in [7, 11) is 0. The average molecular weight is 320 g/mol. The number of aromatic nitrogens is 3. The van der Waals surface area contributed by atoms with E-state index in [0.717, 1.165) is 17.0 Å². The third-order valence-corrected chi connectivity index (χ3v) is 3.82. The highest BCUT2D eigenvalue weighted by molar-refractivity contribution is 5.93. The molecule has 122 valence electrons. The summed E-state index contributed by atoms with van der Waals surface area (Å²) in [6, 6.07) is 17.4. The molecule has 0 aliphatic heterocycles. The monoisotopic (exact) mass is 320 g/mol. The van der Waals surface area contributed by atoms with Gasteiger partial charge in [0.05, 0.1) is 17.9 Å². The number of nitrogens with zero attached hydrogens (tertiary/aromatic N) is 3. The van der Waals surface area contributed by atoms with Gasteiger partial charge < -0.3 is 4.90 Å². The van der Waals surface area contributed by atoms with Crippen molar-refractivity contribution in [3.63, 3.8) is 0 Å². The molecule has 0 unspecified atom stereocenters. The summed E-state index contributed by atoms with van der Waals surface area (Å²) in [6.45, 7) is 4.46. The third-order valence-electron chi connectivity index (χ3n) is 3.82. The van der Waals surface area contributed by atoms with Crippen LogP contribution < -0.4 is 0 Å². The van der Waals surface area contributed by atoms with Crippen LogP contribution in [0.4, 0.5) is 0 Å². The van der Waals surface area contributed by atoms with Crippen molar-refractivity contribution >= 4 is 5.91 Å². The van der Waals surface area contributed by atoms with E-state index in [0.29, 0.717) is 12.2 Å². The molecule has 0 fully saturated rings. The van der Waals surface area contributed by atoms with E-state index in [-0.39, 0.29) is 11.9 Å². The molecule has 24 heavy (non-hydrogen) atoms. The number of amides is 1. The van der Waals surface area contributed by atoms with Gasteiger partial charge in [-0.25, -0.2) is 0 Å². The number of benzene rings is 1. The summed E-state index contributed by atoms with van der Waals surface area (Å²) < 4.78 is 0. The molecule has 0 saturated heterocycles. The minimum absolute atomic E-state index is 0.0583. The Balaban J connectivity index is 1.82. The summed E-state index contributed by atoms with van der Waals surface area (Å²) in [4.78, 5) is 19.0. The standard InChI is InChI=1S/C19H20N4O/c1-14(2)23(13-16-10-6-7-11-20-16)19(24)18-12-17(21-22-18)15-8-4-3-5-9-15/h3-12,14H,13H2,1-2H3,(H,21,22). The predicted octanol–water partition coefficient (Wildman–Crippen LogP) is 3.52. The molecule has 5 heteroatoms. The van der Waals surface area contributed by atoms with Crippen LogP contribution in [0.25, 0.3) is 11.3 Å². The summed E-state index contributed by atoms with van der Waals surface area (Å²) in [5.41, 5.74) is 3.09. The predicted molar refractivity (Wildman–Crippen MR) is 93.3 cm³/mol. The van der Waals surface area contributed by atoms with Gasteiger partial charge in [-0.2, -0.15) is 5.10 Å². The molecule has 2 heterocycles. The zero-order chi connectivity index (χ0) is 16.9. The van der Waals surface area contributed by atoms with Crippen LogP contribution in [-0.2, 0) is 6.54 Å². The molecule has 0 radical (unpaired) electrons. The zero-order valence-corrected chi connectivity index (χ0v) is 13.8. The van der Waals surface area contributed by atoms with Gasteiger partial charge in [-0.3, -0.25) is 14.9 Å². The summed E-state index contributed by atoms with van der Waals surface area (Å²) in [5, 5.41) is 7.13. The van der Waals surface area contributed by atoms with Gasteiger partial charge >= 0.3 is 0 Å². The Morgan fingerprint density at radius 2 is 1.88 bits per heavy atom. The van der Waals surface area contributed by atoms with E-state index in [1.807, 2.05) is 62.4 Å². The molecule has 0 aliphatic carbocycles. The number of rotatable bonds is 5. The van der Waals surface area contributed by atoms with Crippen molar-refractivity contribution in [3.05, 3.63) is 72.2 Å². The van der Waals surface area contributed by atoms with Crippen molar-refractivity contribution < 1.29 is 4.79 Å². The third kappa shape index (κ3) is 3.51. The molecule has 0 saturated carbocycles. The highest BCUT2D eigenvalue weighted by atomic mass is 16.2. The summed E-state index contributed by atoms with van der Waals surface area (Å²) >= 11 is 0. The molecule has 0 spiro atoms. The number of carbonyl (C=O) groups excluding carboxylic acids is 1. The van der Waals surface area contributed by atoms with E-state index in [1.165, 1.54) is 0 Å². The molecule has 0 atom stereocenters. The van der Waals surface area contributed by atoms with Crippen LogP contribution in [0.3, 0.4) is 0 Å². The van der Waals surface area contributed by atoms with E-state index >= 15 is 0 Å². The Bertz CT molecular complexity index is 797. The molecule has 5 nitrogen and oxygen atoms in total. The topological polar surface area (TPSA) is 61.9 Å². The number of hydrogen-bond donors (Lipinski definition) is 1. The first-order valence-corrected chi connectivity index (χ1v) is 7.97. The van der Waals surface area contributed by atoms with Crippen molar-refractivity contribution in [3.8, 4) is 11.3 Å². The second-order valence-corrected chi connectivity index (χ2v) is 5.88. The average Bonchev–Trinajstić information content (AvgIpc) is 3.11. The first-order valence-electron chi connectivity index (χ1n) is 7.97. The largest absolute Gasteiger partial charge is 0.329 e. The maximum atomic E-state index is 12.9. The van der Waals surface area contributed by atoms with Gasteiger partial charge in [0.15, 0.2) is 0 Å². The van der Waals surface area contributed by atoms with Crippen LogP contribution in [-0.4, -0.2) is 32.0 Å². The van der Waals surface area contributed by atoms with Crippen LogP contribution in [0.2, 0.25) is 0 Å². The molecule has 1 N–H and O–H groups in total. The molecule has 2 aromatic heterocycles. The van der Waals surface area contributed by atoms with Crippen LogP contribution >= 0.6 is 0 Å². The van der Waals surface area contributed by atoms with Gasteiger partial charge in [0.1, 0.15) is 5.69 Å². The smallest absolute Gasteiger partial charge is 0.272 e. The van der Waals surface area contributed by atoms with Crippen molar-refractivity contribution in [2.45, 2.75) is 26.4 Å². The van der Waals surface area contributed by atoms with E-state index in [2.05, 4.69) is 15.2 Å². The fraction of sp³-hybridized carbons (Fsp3) is 0.211. The van der Waals surface area contributed by atoms with Crippen LogP contribution in [0.15, 0.2) is 60.8 Å². The Labute approximate surface area is 141 Å². The Morgan fingerprint density at radius 1 is 1.12 bits per heavy atom. The lowest BCUT2D eigenvalue weighted by Crippen LogP contribution is -2.36. The number of pyridine rings is 1. The van der Waals surface area contributed by atoms with Crippen molar-refractivity contribution in [2.24, 2.45) is 0 Å².